The zero-order valence-corrected chi connectivity index (χ0v) is 12.5. The van der Waals surface area contributed by atoms with Gasteiger partial charge in [0.25, 0.3) is 0 Å². The van der Waals surface area contributed by atoms with Crippen LogP contribution in [0.1, 0.15) is 51.4 Å². The van der Waals surface area contributed by atoms with Gasteiger partial charge < -0.3 is 11.1 Å². The summed E-state index contributed by atoms with van der Waals surface area (Å²) in [7, 11) is 0. The first kappa shape index (κ1) is 15.1. The van der Waals surface area contributed by atoms with Gasteiger partial charge in [0.2, 0.25) is 5.91 Å². The van der Waals surface area contributed by atoms with Crippen LogP contribution in [0.15, 0.2) is 0 Å². The fraction of sp³-hybridized carbons (Fsp3) is 0.933. The fourth-order valence-corrected chi connectivity index (χ4v) is 4.26. The van der Waals surface area contributed by atoms with Crippen LogP contribution in [-0.2, 0) is 4.79 Å². The molecule has 4 atom stereocenters. The van der Waals surface area contributed by atoms with Crippen molar-refractivity contribution in [2.45, 2.75) is 57.4 Å². The summed E-state index contributed by atoms with van der Waals surface area (Å²) in [5, 5.41) is 3.20. The number of amides is 1. The molecule has 19 heavy (non-hydrogen) atoms. The predicted octanol–water partition coefficient (Wildman–Crippen LogP) is 2.48. The van der Waals surface area contributed by atoms with E-state index in [9.17, 15) is 4.79 Å². The summed E-state index contributed by atoms with van der Waals surface area (Å²) in [5.74, 6) is 2.79. The molecule has 3 fully saturated rings. The van der Waals surface area contributed by atoms with E-state index in [1.807, 2.05) is 0 Å². The van der Waals surface area contributed by atoms with Gasteiger partial charge in [-0.3, -0.25) is 4.79 Å². The maximum atomic E-state index is 12.2. The highest BCUT2D eigenvalue weighted by Gasteiger charge is 2.54. The van der Waals surface area contributed by atoms with E-state index in [4.69, 9.17) is 5.73 Å². The number of nitrogens with one attached hydrogen (secondary N) is 1. The average Bonchev–Trinajstić information content (AvgIpc) is 3.10. The second-order valence-corrected chi connectivity index (χ2v) is 6.68. The van der Waals surface area contributed by atoms with Crippen LogP contribution in [0.4, 0.5) is 0 Å². The summed E-state index contributed by atoms with van der Waals surface area (Å²) in [4.78, 5) is 12.2. The molecule has 0 radical (unpaired) electrons. The van der Waals surface area contributed by atoms with E-state index >= 15 is 0 Å². The second kappa shape index (κ2) is 6.45. The normalized spacial score (nSPS) is 40.8. The van der Waals surface area contributed by atoms with Gasteiger partial charge in [-0.15, -0.1) is 12.4 Å². The Morgan fingerprint density at radius 2 is 1.74 bits per heavy atom. The molecule has 3 rings (SSSR count). The van der Waals surface area contributed by atoms with Crippen LogP contribution in [0.2, 0.25) is 0 Å². The number of hydrogen-bond donors (Lipinski definition) is 2. The van der Waals surface area contributed by atoms with Gasteiger partial charge in [0.1, 0.15) is 0 Å². The summed E-state index contributed by atoms with van der Waals surface area (Å²) < 4.78 is 0. The Hall–Kier alpha value is -0.280. The highest BCUT2D eigenvalue weighted by Crippen LogP contribution is 2.55. The molecular formula is C15H27ClN2O. The van der Waals surface area contributed by atoms with E-state index in [0.29, 0.717) is 23.8 Å². The van der Waals surface area contributed by atoms with Crippen LogP contribution in [0.5, 0.6) is 0 Å². The number of rotatable bonds is 3. The smallest absolute Gasteiger partial charge is 0.223 e. The quantitative estimate of drug-likeness (QED) is 0.837. The molecule has 110 valence electrons. The molecule has 0 aliphatic heterocycles. The third-order valence-corrected chi connectivity index (χ3v) is 5.35. The number of hydrogen-bond acceptors (Lipinski definition) is 2. The van der Waals surface area contributed by atoms with E-state index in [-0.39, 0.29) is 12.4 Å². The van der Waals surface area contributed by atoms with Gasteiger partial charge in [-0.1, -0.05) is 19.3 Å². The number of halogens is 1. The third kappa shape index (κ3) is 3.43. The van der Waals surface area contributed by atoms with Gasteiger partial charge in [0.15, 0.2) is 0 Å². The van der Waals surface area contributed by atoms with Crippen LogP contribution in [0, 0.1) is 23.7 Å². The minimum absolute atomic E-state index is 0. The van der Waals surface area contributed by atoms with Crippen molar-refractivity contribution in [2.24, 2.45) is 29.4 Å². The zero-order valence-electron chi connectivity index (χ0n) is 11.6. The van der Waals surface area contributed by atoms with Gasteiger partial charge in [-0.05, 0) is 49.9 Å². The van der Waals surface area contributed by atoms with E-state index in [0.717, 1.165) is 31.2 Å². The summed E-state index contributed by atoms with van der Waals surface area (Å²) in [5.41, 5.74) is 5.99. The van der Waals surface area contributed by atoms with Crippen molar-refractivity contribution >= 4 is 18.3 Å². The summed E-state index contributed by atoms with van der Waals surface area (Å²) >= 11 is 0. The maximum absolute atomic E-state index is 12.2. The molecule has 4 heteroatoms. The Morgan fingerprint density at radius 1 is 1.05 bits per heavy atom. The molecule has 0 heterocycles. The van der Waals surface area contributed by atoms with Crippen molar-refractivity contribution in [1.29, 1.82) is 0 Å². The average molecular weight is 287 g/mol. The summed E-state index contributed by atoms with van der Waals surface area (Å²) in [6.45, 7) is 0.864. The Bertz CT molecular complexity index is 311. The molecule has 3 nitrogen and oxygen atoms in total. The maximum Gasteiger partial charge on any atom is 0.223 e. The number of carbonyl (C=O) groups is 1. The molecule has 0 saturated heterocycles. The van der Waals surface area contributed by atoms with Gasteiger partial charge in [0, 0.05) is 18.5 Å². The van der Waals surface area contributed by atoms with E-state index in [1.54, 1.807) is 0 Å². The minimum Gasteiger partial charge on any atom is -0.356 e. The molecule has 0 bridgehead atoms. The first-order valence-electron chi connectivity index (χ1n) is 7.79. The van der Waals surface area contributed by atoms with E-state index in [1.165, 1.54) is 38.5 Å². The van der Waals surface area contributed by atoms with Gasteiger partial charge >= 0.3 is 0 Å². The van der Waals surface area contributed by atoms with Crippen molar-refractivity contribution in [1.82, 2.24) is 5.32 Å². The molecule has 1 amide bonds. The molecule has 0 aromatic carbocycles. The standard InChI is InChI=1S/C15H26N2O.ClH/c16-11-5-3-4-10(8-11)9-17-15(18)14-12-6-1-2-7-13(12)14;/h10-14H,1-9,16H2,(H,17,18);1H. The summed E-state index contributed by atoms with van der Waals surface area (Å²) in [6, 6.07) is 0.365. The lowest BCUT2D eigenvalue weighted by molar-refractivity contribution is -0.123. The van der Waals surface area contributed by atoms with Crippen molar-refractivity contribution < 1.29 is 4.79 Å². The Morgan fingerprint density at radius 3 is 2.37 bits per heavy atom. The molecule has 3 N–H and O–H groups in total. The SMILES string of the molecule is Cl.NC1CCCC(CNC(=O)C2C3CCCCC32)C1. The topological polar surface area (TPSA) is 55.1 Å². The minimum atomic E-state index is 0. The molecule has 4 unspecified atom stereocenters. The van der Waals surface area contributed by atoms with Crippen LogP contribution in [0.3, 0.4) is 0 Å². The summed E-state index contributed by atoms with van der Waals surface area (Å²) in [6.07, 6.45) is 9.98. The Kier molecular flexibility index (Phi) is 5.13. The first-order chi connectivity index (χ1) is 8.75. The van der Waals surface area contributed by atoms with E-state index in [2.05, 4.69) is 5.32 Å². The van der Waals surface area contributed by atoms with Crippen LogP contribution in [0.25, 0.3) is 0 Å². The van der Waals surface area contributed by atoms with Crippen molar-refractivity contribution in [3.05, 3.63) is 0 Å². The second-order valence-electron chi connectivity index (χ2n) is 6.68. The molecule has 3 aliphatic carbocycles. The Labute approximate surface area is 122 Å². The van der Waals surface area contributed by atoms with Crippen molar-refractivity contribution in [2.75, 3.05) is 6.54 Å². The van der Waals surface area contributed by atoms with Crippen LogP contribution in [-0.4, -0.2) is 18.5 Å². The first-order valence-corrected chi connectivity index (χ1v) is 7.79. The number of carbonyl (C=O) groups excluding carboxylic acids is 1. The molecule has 3 aliphatic rings. The Balaban J connectivity index is 0.00000133. The van der Waals surface area contributed by atoms with E-state index < -0.39 is 0 Å². The number of fused-ring (bicyclic) bond motifs is 1. The van der Waals surface area contributed by atoms with Crippen molar-refractivity contribution in [3.8, 4) is 0 Å². The van der Waals surface area contributed by atoms with Gasteiger partial charge in [-0.2, -0.15) is 0 Å². The monoisotopic (exact) mass is 286 g/mol. The van der Waals surface area contributed by atoms with Crippen molar-refractivity contribution in [3.63, 3.8) is 0 Å². The number of nitrogens with two attached hydrogens (primary N) is 1. The van der Waals surface area contributed by atoms with Crippen LogP contribution < -0.4 is 11.1 Å². The fourth-order valence-electron chi connectivity index (χ4n) is 4.26. The highest BCUT2D eigenvalue weighted by atomic mass is 35.5. The predicted molar refractivity (Wildman–Crippen MR) is 79.1 cm³/mol. The largest absolute Gasteiger partial charge is 0.356 e. The molecule has 0 spiro atoms. The lowest BCUT2D eigenvalue weighted by Crippen LogP contribution is -2.36. The van der Waals surface area contributed by atoms with Crippen LogP contribution >= 0.6 is 12.4 Å². The highest BCUT2D eigenvalue weighted by molar-refractivity contribution is 5.85. The lowest BCUT2D eigenvalue weighted by atomic mass is 9.86. The molecular weight excluding hydrogens is 260 g/mol. The molecule has 0 aromatic rings. The zero-order chi connectivity index (χ0) is 12.5. The van der Waals surface area contributed by atoms with Gasteiger partial charge in [0.05, 0.1) is 0 Å². The molecule has 3 saturated carbocycles. The lowest BCUT2D eigenvalue weighted by Gasteiger charge is -2.26. The third-order valence-electron chi connectivity index (χ3n) is 5.35. The molecule has 0 aromatic heterocycles. The van der Waals surface area contributed by atoms with Gasteiger partial charge in [-0.25, -0.2) is 0 Å².